The van der Waals surface area contributed by atoms with E-state index in [0.717, 1.165) is 24.0 Å². The predicted molar refractivity (Wildman–Crippen MR) is 124 cm³/mol. The van der Waals surface area contributed by atoms with Crippen molar-refractivity contribution in [1.29, 1.82) is 0 Å². The normalized spacial score (nSPS) is 12.3. The Kier molecular flexibility index (Phi) is 7.11. The molecule has 0 fully saturated rings. The summed E-state index contributed by atoms with van der Waals surface area (Å²) in [7, 11) is -3.63. The molecule has 0 N–H and O–H groups in total. The van der Waals surface area contributed by atoms with Crippen LogP contribution in [0.4, 0.5) is 0 Å². The summed E-state index contributed by atoms with van der Waals surface area (Å²) in [5.74, 6) is 0. The van der Waals surface area contributed by atoms with Crippen LogP contribution in [0.3, 0.4) is 0 Å². The van der Waals surface area contributed by atoms with Crippen molar-refractivity contribution in [3.8, 4) is 0 Å². The number of hydrogen-bond donors (Lipinski definition) is 0. The van der Waals surface area contributed by atoms with Gasteiger partial charge in [0.2, 0.25) is 10.0 Å². The lowest BCUT2D eigenvalue weighted by Crippen LogP contribution is -2.30. The summed E-state index contributed by atoms with van der Waals surface area (Å²) in [6.07, 6.45) is 2.01. The van der Waals surface area contributed by atoms with Gasteiger partial charge in [-0.2, -0.15) is 4.31 Å². The summed E-state index contributed by atoms with van der Waals surface area (Å²) in [6, 6.07) is 26.9. The van der Waals surface area contributed by atoms with Gasteiger partial charge in [0.1, 0.15) is 0 Å². The molecule has 0 aromatic heterocycles. The fraction of sp³-hybridized carbons (Fsp3) is 0.308. The molecule has 0 amide bonds. The van der Waals surface area contributed by atoms with Gasteiger partial charge >= 0.3 is 0 Å². The summed E-state index contributed by atoms with van der Waals surface area (Å²) in [5, 5.41) is 0. The van der Waals surface area contributed by atoms with Crippen molar-refractivity contribution >= 4 is 10.0 Å². The lowest BCUT2D eigenvalue weighted by molar-refractivity contribution is 0.349. The van der Waals surface area contributed by atoms with E-state index in [1.54, 1.807) is 16.4 Å². The fourth-order valence-electron chi connectivity index (χ4n) is 3.41. The molecule has 3 rings (SSSR count). The molecule has 0 unspecified atom stereocenters. The molecular weight excluding hydrogens is 390 g/mol. The van der Waals surface area contributed by atoms with Crippen LogP contribution in [0.2, 0.25) is 0 Å². The zero-order valence-corrected chi connectivity index (χ0v) is 18.9. The highest BCUT2D eigenvalue weighted by atomic mass is 32.2. The van der Waals surface area contributed by atoms with Gasteiger partial charge in [0.25, 0.3) is 0 Å². The largest absolute Gasteiger partial charge is 0.243 e. The lowest BCUT2D eigenvalue weighted by atomic mass is 9.83. The van der Waals surface area contributed by atoms with Gasteiger partial charge in [-0.05, 0) is 40.7 Å². The molecule has 0 aliphatic heterocycles. The molecule has 3 nitrogen and oxygen atoms in total. The molecule has 0 spiro atoms. The van der Waals surface area contributed by atoms with Crippen molar-refractivity contribution in [2.45, 2.75) is 51.6 Å². The van der Waals surface area contributed by atoms with Gasteiger partial charge in [-0.25, -0.2) is 8.42 Å². The first-order chi connectivity index (χ1) is 14.3. The van der Waals surface area contributed by atoms with Crippen LogP contribution in [0.1, 0.15) is 43.9 Å². The molecule has 0 saturated heterocycles. The lowest BCUT2D eigenvalue weighted by Gasteiger charge is -2.24. The Morgan fingerprint density at radius 2 is 1.17 bits per heavy atom. The van der Waals surface area contributed by atoms with Crippen LogP contribution >= 0.6 is 0 Å². The highest BCUT2D eigenvalue weighted by Crippen LogP contribution is 2.27. The first-order valence-corrected chi connectivity index (χ1v) is 11.9. The summed E-state index contributed by atoms with van der Waals surface area (Å²) in [4.78, 5) is 0.340. The van der Waals surface area contributed by atoms with Crippen molar-refractivity contribution < 1.29 is 8.42 Å². The second kappa shape index (κ2) is 9.59. The first-order valence-electron chi connectivity index (χ1n) is 10.5. The zero-order chi connectivity index (χ0) is 21.6. The molecule has 0 saturated carbocycles. The van der Waals surface area contributed by atoms with Gasteiger partial charge < -0.3 is 0 Å². The Hall–Kier alpha value is -2.43. The minimum atomic E-state index is -3.63. The first kappa shape index (κ1) is 22.3. The summed E-state index contributed by atoms with van der Waals surface area (Å²) < 4.78 is 28.6. The van der Waals surface area contributed by atoms with Crippen LogP contribution in [0.25, 0.3) is 0 Å². The predicted octanol–water partition coefficient (Wildman–Crippen LogP) is 6.06. The van der Waals surface area contributed by atoms with Crippen LogP contribution in [0.15, 0.2) is 89.8 Å². The van der Waals surface area contributed by atoms with Crippen LogP contribution in [0, 0.1) is 5.41 Å². The van der Waals surface area contributed by atoms with Gasteiger partial charge in [0, 0.05) is 13.1 Å². The summed E-state index contributed by atoms with van der Waals surface area (Å²) in [5.41, 5.74) is 3.31. The molecule has 0 atom stereocenters. The molecule has 0 radical (unpaired) electrons. The van der Waals surface area contributed by atoms with Crippen LogP contribution in [0.5, 0.6) is 0 Å². The molecule has 158 valence electrons. The Morgan fingerprint density at radius 3 is 1.60 bits per heavy atom. The second-order valence-corrected chi connectivity index (χ2v) is 10.5. The third-order valence-electron chi connectivity index (χ3n) is 5.60. The third-order valence-corrected chi connectivity index (χ3v) is 7.41. The smallest absolute Gasteiger partial charge is 0.207 e. The van der Waals surface area contributed by atoms with Crippen molar-refractivity contribution in [3.63, 3.8) is 0 Å². The quantitative estimate of drug-likeness (QED) is 0.421. The maximum Gasteiger partial charge on any atom is 0.243 e. The molecule has 0 aliphatic carbocycles. The topological polar surface area (TPSA) is 37.4 Å². The average molecular weight is 422 g/mol. The molecule has 30 heavy (non-hydrogen) atoms. The molecule has 3 aromatic carbocycles. The van der Waals surface area contributed by atoms with Crippen molar-refractivity contribution in [2.24, 2.45) is 5.41 Å². The number of rotatable bonds is 9. The van der Waals surface area contributed by atoms with Crippen molar-refractivity contribution in [2.75, 3.05) is 0 Å². The fourth-order valence-corrected chi connectivity index (χ4v) is 4.82. The summed E-state index contributed by atoms with van der Waals surface area (Å²) in [6.45, 7) is 7.33. The average Bonchev–Trinajstić information content (AvgIpc) is 2.75. The van der Waals surface area contributed by atoms with E-state index in [0.29, 0.717) is 18.0 Å². The maximum absolute atomic E-state index is 13.5. The molecule has 0 bridgehead atoms. The van der Waals surface area contributed by atoms with E-state index in [9.17, 15) is 8.42 Å². The van der Waals surface area contributed by atoms with Crippen molar-refractivity contribution in [1.82, 2.24) is 4.31 Å². The zero-order valence-electron chi connectivity index (χ0n) is 18.1. The molecule has 4 heteroatoms. The van der Waals surface area contributed by atoms with E-state index in [2.05, 4.69) is 20.8 Å². The molecule has 0 aliphatic rings. The Labute approximate surface area is 181 Å². The number of nitrogens with zero attached hydrogens (tertiary/aromatic N) is 1. The van der Waals surface area contributed by atoms with E-state index >= 15 is 0 Å². The standard InChI is InChI=1S/C26H31NO2S/c1-4-26(2,3)19-22-15-17-25(18-16-22)30(28,29)27(20-23-11-7-5-8-12-23)21-24-13-9-6-10-14-24/h5-18H,4,19-21H2,1-3H3. The number of hydrogen-bond acceptors (Lipinski definition) is 2. The monoisotopic (exact) mass is 421 g/mol. The van der Waals surface area contributed by atoms with Crippen LogP contribution < -0.4 is 0 Å². The van der Waals surface area contributed by atoms with Gasteiger partial charge in [-0.15, -0.1) is 0 Å². The third kappa shape index (κ3) is 5.80. The highest BCUT2D eigenvalue weighted by molar-refractivity contribution is 7.89. The molecule has 3 aromatic rings. The Balaban J connectivity index is 1.88. The molecule has 0 heterocycles. The SMILES string of the molecule is CCC(C)(C)Cc1ccc(S(=O)(=O)N(Cc2ccccc2)Cc2ccccc2)cc1. The van der Waals surface area contributed by atoms with E-state index in [-0.39, 0.29) is 5.41 Å². The van der Waals surface area contributed by atoms with Gasteiger partial charge in [-0.1, -0.05) is 100.0 Å². The second-order valence-electron chi connectivity index (χ2n) is 8.58. The van der Waals surface area contributed by atoms with E-state index < -0.39 is 10.0 Å². The molecular formula is C26H31NO2S. The van der Waals surface area contributed by atoms with E-state index in [4.69, 9.17) is 0 Å². The highest BCUT2D eigenvalue weighted by Gasteiger charge is 2.25. The number of benzene rings is 3. The van der Waals surface area contributed by atoms with Crippen LogP contribution in [-0.2, 0) is 29.5 Å². The van der Waals surface area contributed by atoms with E-state index in [1.807, 2.05) is 72.8 Å². The minimum absolute atomic E-state index is 0.201. The Bertz CT molecular complexity index is 986. The van der Waals surface area contributed by atoms with E-state index in [1.165, 1.54) is 5.56 Å². The Morgan fingerprint density at radius 1 is 0.700 bits per heavy atom. The maximum atomic E-state index is 13.5. The van der Waals surface area contributed by atoms with Gasteiger partial charge in [-0.3, -0.25) is 0 Å². The van der Waals surface area contributed by atoms with Crippen molar-refractivity contribution in [3.05, 3.63) is 102 Å². The van der Waals surface area contributed by atoms with Crippen LogP contribution in [-0.4, -0.2) is 12.7 Å². The summed E-state index contributed by atoms with van der Waals surface area (Å²) >= 11 is 0. The minimum Gasteiger partial charge on any atom is -0.207 e. The van der Waals surface area contributed by atoms with Gasteiger partial charge in [0.15, 0.2) is 0 Å². The number of sulfonamides is 1. The van der Waals surface area contributed by atoms with Gasteiger partial charge in [0.05, 0.1) is 4.90 Å².